The lowest BCUT2D eigenvalue weighted by atomic mass is 10.5. The monoisotopic (exact) mass is 140 g/mol. The molecule has 0 aromatic carbocycles. The topological polar surface area (TPSA) is 17.8 Å². The molecule has 0 spiro atoms. The first-order valence-corrected chi connectivity index (χ1v) is 3.10. The Bertz CT molecular complexity index is 264. The Balaban J connectivity index is 3.34. The molecule has 0 aliphatic rings. The van der Waals surface area contributed by atoms with Gasteiger partial charge in [-0.15, -0.1) is 0 Å². The highest BCUT2D eigenvalue weighted by Gasteiger charge is 1.84. The fourth-order valence-corrected chi connectivity index (χ4v) is 0.770. The van der Waals surface area contributed by atoms with Crippen LogP contribution in [0.25, 0.3) is 0 Å². The highest BCUT2D eigenvalue weighted by Crippen LogP contribution is 1.91. The van der Waals surface area contributed by atoms with Crippen molar-refractivity contribution >= 4 is 12.2 Å². The largest absolute Gasteiger partial charge is 0.327 e. The first kappa shape index (κ1) is 6.42. The molecule has 1 aromatic rings. The second kappa shape index (κ2) is 2.27. The van der Waals surface area contributed by atoms with Crippen molar-refractivity contribution in [2.24, 2.45) is 7.05 Å². The number of rotatable bonds is 0. The van der Waals surface area contributed by atoms with Gasteiger partial charge in [-0.05, 0) is 13.0 Å². The zero-order chi connectivity index (χ0) is 6.85. The molecule has 48 valence electrons. The van der Waals surface area contributed by atoms with E-state index in [2.05, 4.69) is 4.98 Å². The average Bonchev–Trinajstić information content (AvgIpc) is 1.80. The number of aryl methyl sites for hydroxylation is 2. The summed E-state index contributed by atoms with van der Waals surface area (Å²) >= 11 is 4.96. The van der Waals surface area contributed by atoms with Crippen molar-refractivity contribution < 1.29 is 0 Å². The highest BCUT2D eigenvalue weighted by atomic mass is 32.1. The van der Waals surface area contributed by atoms with Gasteiger partial charge in [-0.25, -0.2) is 4.98 Å². The molecule has 1 rings (SSSR count). The zero-order valence-electron chi connectivity index (χ0n) is 5.46. The summed E-state index contributed by atoms with van der Waals surface area (Å²) in [6.45, 7) is 1.93. The SMILES string of the molecule is Cc1cc(=S)n(C)cn1. The molecule has 3 heteroatoms. The Kier molecular flexibility index (Phi) is 1.62. The summed E-state index contributed by atoms with van der Waals surface area (Å²) in [5.41, 5.74) is 0.970. The van der Waals surface area contributed by atoms with Crippen molar-refractivity contribution in [2.75, 3.05) is 0 Å². The lowest BCUT2D eigenvalue weighted by molar-refractivity contribution is 0.838. The molecule has 0 unspecified atom stereocenters. The Morgan fingerprint density at radius 2 is 2.33 bits per heavy atom. The summed E-state index contributed by atoms with van der Waals surface area (Å²) in [4.78, 5) is 4.04. The molecule has 0 saturated heterocycles. The van der Waals surface area contributed by atoms with E-state index in [-0.39, 0.29) is 0 Å². The summed E-state index contributed by atoms with van der Waals surface area (Å²) in [5.74, 6) is 0. The zero-order valence-corrected chi connectivity index (χ0v) is 6.27. The summed E-state index contributed by atoms with van der Waals surface area (Å²) < 4.78 is 2.63. The molecule has 9 heavy (non-hydrogen) atoms. The molecular formula is C6H8N2S. The predicted molar refractivity (Wildman–Crippen MR) is 38.8 cm³/mol. The molecule has 1 heterocycles. The van der Waals surface area contributed by atoms with Crippen LogP contribution < -0.4 is 0 Å². The standard InChI is InChI=1S/C6H8N2S/c1-5-3-6(9)8(2)4-7-5/h3-4H,1-2H3. The Labute approximate surface area is 59.2 Å². The molecule has 0 N–H and O–H groups in total. The highest BCUT2D eigenvalue weighted by molar-refractivity contribution is 7.71. The minimum atomic E-state index is 0.822. The third-order valence-electron chi connectivity index (χ3n) is 1.11. The maximum Gasteiger partial charge on any atom is 0.108 e. The third kappa shape index (κ3) is 1.36. The van der Waals surface area contributed by atoms with Crippen molar-refractivity contribution in [1.82, 2.24) is 9.55 Å². The fourth-order valence-electron chi connectivity index (χ4n) is 0.552. The summed E-state index contributed by atoms with van der Waals surface area (Å²) in [7, 11) is 1.88. The van der Waals surface area contributed by atoms with Crippen LogP contribution in [0.5, 0.6) is 0 Å². The van der Waals surface area contributed by atoms with Crippen LogP contribution in [0, 0.1) is 11.6 Å². The van der Waals surface area contributed by atoms with Crippen LogP contribution in [0.1, 0.15) is 5.69 Å². The maximum atomic E-state index is 4.96. The van der Waals surface area contributed by atoms with E-state index < -0.39 is 0 Å². The number of aromatic nitrogens is 2. The van der Waals surface area contributed by atoms with Crippen LogP contribution in [0.2, 0.25) is 0 Å². The van der Waals surface area contributed by atoms with E-state index >= 15 is 0 Å². The Morgan fingerprint density at radius 1 is 1.67 bits per heavy atom. The normalized spacial score (nSPS) is 9.56. The lowest BCUT2D eigenvalue weighted by Gasteiger charge is -1.95. The van der Waals surface area contributed by atoms with Gasteiger partial charge in [0.1, 0.15) is 4.64 Å². The van der Waals surface area contributed by atoms with Gasteiger partial charge in [0.25, 0.3) is 0 Å². The fraction of sp³-hybridized carbons (Fsp3) is 0.333. The molecule has 0 radical (unpaired) electrons. The molecule has 0 amide bonds. The van der Waals surface area contributed by atoms with Gasteiger partial charge in [-0.1, -0.05) is 12.2 Å². The summed E-state index contributed by atoms with van der Waals surface area (Å²) in [5, 5.41) is 0. The molecular weight excluding hydrogens is 132 g/mol. The van der Waals surface area contributed by atoms with Crippen molar-refractivity contribution in [1.29, 1.82) is 0 Å². The van der Waals surface area contributed by atoms with Gasteiger partial charge in [-0.2, -0.15) is 0 Å². The molecule has 1 aromatic heterocycles. The number of nitrogens with zero attached hydrogens (tertiary/aromatic N) is 2. The van der Waals surface area contributed by atoms with Crippen LogP contribution >= 0.6 is 12.2 Å². The van der Waals surface area contributed by atoms with E-state index in [9.17, 15) is 0 Å². The third-order valence-corrected chi connectivity index (χ3v) is 1.52. The average molecular weight is 140 g/mol. The minimum absolute atomic E-state index is 0.822. The van der Waals surface area contributed by atoms with E-state index in [1.165, 1.54) is 0 Å². The summed E-state index contributed by atoms with van der Waals surface area (Å²) in [6, 6.07) is 1.87. The van der Waals surface area contributed by atoms with Gasteiger partial charge in [0.05, 0.1) is 6.33 Å². The molecule has 0 bridgehead atoms. The van der Waals surface area contributed by atoms with Gasteiger partial charge in [0, 0.05) is 12.7 Å². The van der Waals surface area contributed by atoms with Crippen LogP contribution in [0.3, 0.4) is 0 Å². The van der Waals surface area contributed by atoms with E-state index in [4.69, 9.17) is 12.2 Å². The first-order valence-electron chi connectivity index (χ1n) is 2.69. The van der Waals surface area contributed by atoms with Crippen LogP contribution in [-0.4, -0.2) is 9.55 Å². The molecule has 0 aliphatic heterocycles. The van der Waals surface area contributed by atoms with Crippen molar-refractivity contribution in [3.8, 4) is 0 Å². The number of hydrogen-bond acceptors (Lipinski definition) is 2. The van der Waals surface area contributed by atoms with Crippen LogP contribution in [0.4, 0.5) is 0 Å². The minimum Gasteiger partial charge on any atom is -0.327 e. The number of hydrogen-bond donors (Lipinski definition) is 0. The van der Waals surface area contributed by atoms with Gasteiger partial charge >= 0.3 is 0 Å². The summed E-state index contributed by atoms with van der Waals surface area (Å²) in [6.07, 6.45) is 1.72. The predicted octanol–water partition coefficient (Wildman–Crippen LogP) is 1.46. The smallest absolute Gasteiger partial charge is 0.108 e. The van der Waals surface area contributed by atoms with Crippen molar-refractivity contribution in [2.45, 2.75) is 6.92 Å². The Hall–Kier alpha value is -0.700. The molecule has 0 aliphatic carbocycles. The van der Waals surface area contributed by atoms with Crippen LogP contribution in [-0.2, 0) is 7.05 Å². The van der Waals surface area contributed by atoms with E-state index in [1.807, 2.05) is 24.6 Å². The molecule has 0 fully saturated rings. The molecule has 0 atom stereocenters. The second-order valence-corrected chi connectivity index (χ2v) is 2.40. The van der Waals surface area contributed by atoms with Gasteiger partial charge in [0.15, 0.2) is 0 Å². The Morgan fingerprint density at radius 3 is 2.78 bits per heavy atom. The quantitative estimate of drug-likeness (QED) is 0.508. The second-order valence-electron chi connectivity index (χ2n) is 1.98. The maximum absolute atomic E-state index is 4.96. The van der Waals surface area contributed by atoms with Crippen molar-refractivity contribution in [3.63, 3.8) is 0 Å². The van der Waals surface area contributed by atoms with Crippen molar-refractivity contribution in [3.05, 3.63) is 22.7 Å². The first-order chi connectivity index (χ1) is 4.20. The van der Waals surface area contributed by atoms with Gasteiger partial charge in [0.2, 0.25) is 0 Å². The van der Waals surface area contributed by atoms with E-state index in [1.54, 1.807) is 6.33 Å². The van der Waals surface area contributed by atoms with E-state index in [0.29, 0.717) is 0 Å². The van der Waals surface area contributed by atoms with Gasteiger partial charge in [-0.3, -0.25) is 0 Å². The van der Waals surface area contributed by atoms with Gasteiger partial charge < -0.3 is 4.57 Å². The molecule has 2 nitrogen and oxygen atoms in total. The lowest BCUT2D eigenvalue weighted by Crippen LogP contribution is -1.93. The molecule has 0 saturated carbocycles. The van der Waals surface area contributed by atoms with Crippen LogP contribution in [0.15, 0.2) is 12.4 Å². The van der Waals surface area contributed by atoms with E-state index in [0.717, 1.165) is 10.3 Å².